The first-order chi connectivity index (χ1) is 8.70. The van der Waals surface area contributed by atoms with E-state index in [1.807, 2.05) is 30.3 Å². The Kier molecular flexibility index (Phi) is 3.95. The van der Waals surface area contributed by atoms with E-state index in [-0.39, 0.29) is 11.9 Å². The van der Waals surface area contributed by atoms with Crippen LogP contribution in [0.3, 0.4) is 0 Å². The van der Waals surface area contributed by atoms with Crippen molar-refractivity contribution in [2.45, 2.75) is 12.5 Å². The Hall–Kier alpha value is -1.87. The number of halogens is 1. The smallest absolute Gasteiger partial charge is 0.131 e. The van der Waals surface area contributed by atoms with Crippen molar-refractivity contribution in [1.82, 2.24) is 0 Å². The molecule has 0 aliphatic rings. The lowest BCUT2D eigenvalue weighted by molar-refractivity contribution is 0.410. The largest absolute Gasteiger partial charge is 0.497 e. The number of hydrogen-bond acceptors (Lipinski definition) is 2. The molecular weight excluding hydrogens is 229 g/mol. The van der Waals surface area contributed by atoms with Crippen LogP contribution in [0.15, 0.2) is 48.5 Å². The van der Waals surface area contributed by atoms with E-state index in [9.17, 15) is 4.39 Å². The van der Waals surface area contributed by atoms with Crippen molar-refractivity contribution < 1.29 is 9.13 Å². The van der Waals surface area contributed by atoms with Gasteiger partial charge in [0.1, 0.15) is 11.6 Å². The van der Waals surface area contributed by atoms with Crippen LogP contribution in [0.4, 0.5) is 4.39 Å². The van der Waals surface area contributed by atoms with Crippen LogP contribution < -0.4 is 10.5 Å². The van der Waals surface area contributed by atoms with E-state index in [4.69, 9.17) is 10.5 Å². The molecule has 0 amide bonds. The molecule has 1 atom stereocenters. The van der Waals surface area contributed by atoms with Gasteiger partial charge in [0.05, 0.1) is 7.11 Å². The van der Waals surface area contributed by atoms with Gasteiger partial charge in [-0.25, -0.2) is 4.39 Å². The predicted octanol–water partition coefficient (Wildman–Crippen LogP) is 3.08. The van der Waals surface area contributed by atoms with Gasteiger partial charge in [0.15, 0.2) is 0 Å². The van der Waals surface area contributed by atoms with E-state index >= 15 is 0 Å². The molecule has 2 rings (SSSR count). The van der Waals surface area contributed by atoms with Crippen LogP contribution in [0.1, 0.15) is 17.2 Å². The van der Waals surface area contributed by atoms with Crippen molar-refractivity contribution in [3.8, 4) is 5.75 Å². The van der Waals surface area contributed by atoms with Crippen LogP contribution in [-0.2, 0) is 6.42 Å². The summed E-state index contributed by atoms with van der Waals surface area (Å²) in [4.78, 5) is 0. The van der Waals surface area contributed by atoms with E-state index in [2.05, 4.69) is 0 Å². The van der Waals surface area contributed by atoms with Crippen molar-refractivity contribution in [1.29, 1.82) is 0 Å². The zero-order valence-corrected chi connectivity index (χ0v) is 10.3. The Balaban J connectivity index is 2.16. The fraction of sp³-hybridized carbons (Fsp3) is 0.200. The molecule has 0 saturated carbocycles. The first-order valence-electron chi connectivity index (χ1n) is 5.83. The summed E-state index contributed by atoms with van der Waals surface area (Å²) in [6, 6.07) is 14.2. The monoisotopic (exact) mass is 245 g/mol. The van der Waals surface area contributed by atoms with Crippen LogP contribution in [0.25, 0.3) is 0 Å². The van der Waals surface area contributed by atoms with Crippen molar-refractivity contribution in [2.24, 2.45) is 5.73 Å². The third kappa shape index (κ3) is 2.87. The zero-order chi connectivity index (χ0) is 13.0. The van der Waals surface area contributed by atoms with Crippen molar-refractivity contribution >= 4 is 0 Å². The second kappa shape index (κ2) is 5.65. The van der Waals surface area contributed by atoms with Gasteiger partial charge in [-0.3, -0.25) is 0 Å². The van der Waals surface area contributed by atoms with Gasteiger partial charge in [-0.1, -0.05) is 36.4 Å². The molecule has 0 fully saturated rings. The summed E-state index contributed by atoms with van der Waals surface area (Å²) >= 11 is 0. The Morgan fingerprint density at radius 1 is 1.17 bits per heavy atom. The molecule has 0 saturated heterocycles. The van der Waals surface area contributed by atoms with Crippen LogP contribution >= 0.6 is 0 Å². The fourth-order valence-corrected chi connectivity index (χ4v) is 1.91. The summed E-state index contributed by atoms with van der Waals surface area (Å²) in [5.74, 6) is 0.181. The Bertz CT molecular complexity index is 513. The summed E-state index contributed by atoms with van der Waals surface area (Å²) < 4.78 is 18.8. The predicted molar refractivity (Wildman–Crippen MR) is 70.0 cm³/mol. The number of ether oxygens (including phenoxy) is 1. The molecule has 0 aliphatic heterocycles. The highest BCUT2D eigenvalue weighted by molar-refractivity contribution is 5.31. The zero-order valence-electron chi connectivity index (χ0n) is 10.3. The minimum absolute atomic E-state index is 0.321. The van der Waals surface area contributed by atoms with Gasteiger partial charge in [0.2, 0.25) is 0 Å². The molecule has 2 aromatic carbocycles. The normalized spacial score (nSPS) is 12.2. The molecule has 2 aromatic rings. The van der Waals surface area contributed by atoms with Gasteiger partial charge in [0.25, 0.3) is 0 Å². The Labute approximate surface area is 106 Å². The highest BCUT2D eigenvalue weighted by Crippen LogP contribution is 2.23. The van der Waals surface area contributed by atoms with Gasteiger partial charge in [-0.2, -0.15) is 0 Å². The van der Waals surface area contributed by atoms with E-state index in [0.717, 1.165) is 5.56 Å². The molecule has 2 N–H and O–H groups in total. The molecule has 94 valence electrons. The van der Waals surface area contributed by atoms with Gasteiger partial charge in [0, 0.05) is 17.7 Å². The number of benzene rings is 2. The van der Waals surface area contributed by atoms with Crippen molar-refractivity contribution in [3.05, 3.63) is 65.5 Å². The lowest BCUT2D eigenvalue weighted by Gasteiger charge is -2.13. The molecule has 2 nitrogen and oxygen atoms in total. The maximum absolute atomic E-state index is 13.8. The highest BCUT2D eigenvalue weighted by atomic mass is 19.1. The number of nitrogens with two attached hydrogens (primary N) is 1. The molecule has 0 spiro atoms. The summed E-state index contributed by atoms with van der Waals surface area (Å²) in [7, 11) is 1.51. The Morgan fingerprint density at radius 2 is 1.89 bits per heavy atom. The van der Waals surface area contributed by atoms with Gasteiger partial charge in [-0.05, 0) is 18.1 Å². The fourth-order valence-electron chi connectivity index (χ4n) is 1.91. The molecule has 3 heteroatoms. The average molecular weight is 245 g/mol. The first-order valence-corrected chi connectivity index (χ1v) is 5.83. The van der Waals surface area contributed by atoms with Crippen LogP contribution in [-0.4, -0.2) is 7.11 Å². The number of methoxy groups -OCH3 is 1. The molecule has 18 heavy (non-hydrogen) atoms. The first kappa shape index (κ1) is 12.6. The van der Waals surface area contributed by atoms with Crippen molar-refractivity contribution in [2.75, 3.05) is 7.11 Å². The molecule has 0 aromatic heterocycles. The van der Waals surface area contributed by atoms with Crippen LogP contribution in [0, 0.1) is 5.82 Å². The minimum Gasteiger partial charge on any atom is -0.497 e. The lowest BCUT2D eigenvalue weighted by atomic mass is 9.99. The highest BCUT2D eigenvalue weighted by Gasteiger charge is 2.12. The third-order valence-corrected chi connectivity index (χ3v) is 2.91. The van der Waals surface area contributed by atoms with Gasteiger partial charge in [-0.15, -0.1) is 0 Å². The molecule has 0 radical (unpaired) electrons. The average Bonchev–Trinajstić information content (AvgIpc) is 2.39. The molecule has 0 aliphatic carbocycles. The van der Waals surface area contributed by atoms with E-state index in [0.29, 0.717) is 17.7 Å². The quantitative estimate of drug-likeness (QED) is 0.898. The van der Waals surface area contributed by atoms with E-state index in [1.165, 1.54) is 13.2 Å². The number of rotatable bonds is 4. The second-order valence-electron chi connectivity index (χ2n) is 4.18. The third-order valence-electron chi connectivity index (χ3n) is 2.91. The summed E-state index contributed by atoms with van der Waals surface area (Å²) in [6.07, 6.45) is 0.615. The standard InChI is InChI=1S/C15H16FNO/c1-18-12-7-8-13(14(16)10-12)15(17)9-11-5-3-2-4-6-11/h2-8,10,15H,9,17H2,1H3. The van der Waals surface area contributed by atoms with E-state index < -0.39 is 0 Å². The topological polar surface area (TPSA) is 35.2 Å². The Morgan fingerprint density at radius 3 is 2.50 bits per heavy atom. The van der Waals surface area contributed by atoms with E-state index in [1.54, 1.807) is 12.1 Å². The summed E-state index contributed by atoms with van der Waals surface area (Å²) in [5.41, 5.74) is 7.65. The minimum atomic E-state index is -0.349. The second-order valence-corrected chi connectivity index (χ2v) is 4.18. The van der Waals surface area contributed by atoms with Gasteiger partial charge < -0.3 is 10.5 Å². The molecule has 0 heterocycles. The van der Waals surface area contributed by atoms with Crippen LogP contribution in [0.2, 0.25) is 0 Å². The van der Waals surface area contributed by atoms with Crippen molar-refractivity contribution in [3.63, 3.8) is 0 Å². The maximum atomic E-state index is 13.8. The van der Waals surface area contributed by atoms with Crippen LogP contribution in [0.5, 0.6) is 5.75 Å². The van der Waals surface area contributed by atoms with Gasteiger partial charge >= 0.3 is 0 Å². The summed E-state index contributed by atoms with van der Waals surface area (Å²) in [6.45, 7) is 0. The maximum Gasteiger partial charge on any atom is 0.131 e. The SMILES string of the molecule is COc1ccc(C(N)Cc2ccccc2)c(F)c1. The lowest BCUT2D eigenvalue weighted by Crippen LogP contribution is -2.15. The molecular formula is C15H16FNO. The number of hydrogen-bond donors (Lipinski definition) is 1. The summed E-state index contributed by atoms with van der Waals surface area (Å²) in [5, 5.41) is 0. The molecule has 1 unspecified atom stereocenters. The molecule has 0 bridgehead atoms.